The van der Waals surface area contributed by atoms with Crippen LogP contribution in [0.5, 0.6) is 0 Å². The quantitative estimate of drug-likeness (QED) is 0.849. The summed E-state index contributed by atoms with van der Waals surface area (Å²) in [4.78, 5) is 10.5. The molecular weight excluding hydrogens is 251 g/mol. The standard InChI is InChI=1S/C10H10BrFO2/c1-6-2-7(4-10(13)14)8(5-11)3-9(6)12/h2-3H,4-5H2,1H3,(H,13,14). The van der Waals surface area contributed by atoms with Crippen molar-refractivity contribution in [1.29, 1.82) is 0 Å². The largest absolute Gasteiger partial charge is 0.481 e. The molecule has 1 aromatic rings. The average Bonchev–Trinajstić information content (AvgIpc) is 2.10. The minimum atomic E-state index is -0.904. The monoisotopic (exact) mass is 260 g/mol. The Bertz CT molecular complexity index is 363. The fourth-order valence-electron chi connectivity index (χ4n) is 1.23. The number of hydrogen-bond acceptors (Lipinski definition) is 1. The van der Waals surface area contributed by atoms with Gasteiger partial charge < -0.3 is 5.11 Å². The molecule has 2 nitrogen and oxygen atoms in total. The van der Waals surface area contributed by atoms with E-state index in [9.17, 15) is 9.18 Å². The highest BCUT2D eigenvalue weighted by atomic mass is 79.9. The molecule has 1 N–H and O–H groups in total. The van der Waals surface area contributed by atoms with Crippen molar-refractivity contribution in [3.8, 4) is 0 Å². The van der Waals surface area contributed by atoms with Crippen LogP contribution in [0.25, 0.3) is 0 Å². The molecule has 0 saturated carbocycles. The van der Waals surface area contributed by atoms with E-state index >= 15 is 0 Å². The van der Waals surface area contributed by atoms with E-state index in [-0.39, 0.29) is 12.2 Å². The predicted molar refractivity (Wildman–Crippen MR) is 55.1 cm³/mol. The van der Waals surface area contributed by atoms with Gasteiger partial charge in [-0.3, -0.25) is 4.79 Å². The number of halogens is 2. The molecule has 14 heavy (non-hydrogen) atoms. The highest BCUT2D eigenvalue weighted by molar-refractivity contribution is 9.08. The molecule has 0 aliphatic heterocycles. The zero-order valence-electron chi connectivity index (χ0n) is 7.68. The smallest absolute Gasteiger partial charge is 0.307 e. The molecule has 0 atom stereocenters. The molecule has 0 unspecified atom stereocenters. The number of carboxylic acids is 1. The summed E-state index contributed by atoms with van der Waals surface area (Å²) in [5.41, 5.74) is 1.83. The number of aryl methyl sites for hydroxylation is 1. The summed E-state index contributed by atoms with van der Waals surface area (Å²) in [6.07, 6.45) is -0.0674. The maximum absolute atomic E-state index is 13.1. The molecule has 0 aliphatic rings. The van der Waals surface area contributed by atoms with Crippen molar-refractivity contribution in [2.24, 2.45) is 0 Å². The first-order chi connectivity index (χ1) is 6.54. The Hall–Kier alpha value is -0.900. The van der Waals surface area contributed by atoms with E-state index in [1.165, 1.54) is 6.07 Å². The molecule has 76 valence electrons. The summed E-state index contributed by atoms with van der Waals surface area (Å²) in [7, 11) is 0. The fraction of sp³-hybridized carbons (Fsp3) is 0.300. The lowest BCUT2D eigenvalue weighted by Gasteiger charge is -2.07. The van der Waals surface area contributed by atoms with Crippen molar-refractivity contribution in [3.63, 3.8) is 0 Å². The molecule has 0 aliphatic carbocycles. The Kier molecular flexibility index (Phi) is 3.63. The SMILES string of the molecule is Cc1cc(CC(=O)O)c(CBr)cc1F. The Labute approximate surface area is 89.9 Å². The van der Waals surface area contributed by atoms with Crippen molar-refractivity contribution in [2.75, 3.05) is 0 Å². The topological polar surface area (TPSA) is 37.3 Å². The number of benzene rings is 1. The Morgan fingerprint density at radius 2 is 2.14 bits per heavy atom. The van der Waals surface area contributed by atoms with Crippen LogP contribution < -0.4 is 0 Å². The molecule has 0 saturated heterocycles. The molecule has 0 amide bonds. The zero-order valence-corrected chi connectivity index (χ0v) is 9.27. The lowest BCUT2D eigenvalue weighted by molar-refractivity contribution is -0.136. The van der Waals surface area contributed by atoms with Gasteiger partial charge in [0.25, 0.3) is 0 Å². The highest BCUT2D eigenvalue weighted by Crippen LogP contribution is 2.18. The van der Waals surface area contributed by atoms with E-state index < -0.39 is 5.97 Å². The number of aliphatic carboxylic acids is 1. The van der Waals surface area contributed by atoms with Gasteiger partial charge in [-0.1, -0.05) is 22.0 Å². The summed E-state index contributed by atoms with van der Waals surface area (Å²) < 4.78 is 13.1. The minimum Gasteiger partial charge on any atom is -0.481 e. The van der Waals surface area contributed by atoms with Gasteiger partial charge in [0.05, 0.1) is 6.42 Å². The van der Waals surface area contributed by atoms with Gasteiger partial charge in [0.2, 0.25) is 0 Å². The second-order valence-electron chi connectivity index (χ2n) is 3.07. The molecule has 0 heterocycles. The second kappa shape index (κ2) is 4.55. The van der Waals surface area contributed by atoms with Crippen LogP contribution in [-0.2, 0) is 16.5 Å². The lowest BCUT2D eigenvalue weighted by atomic mass is 10.0. The first kappa shape index (κ1) is 11.2. The van der Waals surface area contributed by atoms with E-state index in [0.29, 0.717) is 22.0 Å². The molecule has 0 spiro atoms. The summed E-state index contributed by atoms with van der Waals surface area (Å²) in [5.74, 6) is -1.20. The molecule has 0 radical (unpaired) electrons. The number of carboxylic acid groups (broad SMARTS) is 1. The number of rotatable bonds is 3. The van der Waals surface area contributed by atoms with E-state index in [1.807, 2.05) is 0 Å². The number of carbonyl (C=O) groups is 1. The van der Waals surface area contributed by atoms with Gasteiger partial charge in [0.15, 0.2) is 0 Å². The third kappa shape index (κ3) is 2.54. The molecule has 0 aromatic heterocycles. The molecule has 1 aromatic carbocycles. The average molecular weight is 261 g/mol. The van der Waals surface area contributed by atoms with E-state index in [0.717, 1.165) is 0 Å². The van der Waals surface area contributed by atoms with E-state index in [4.69, 9.17) is 5.11 Å². The van der Waals surface area contributed by atoms with Crippen molar-refractivity contribution in [2.45, 2.75) is 18.7 Å². The summed E-state index contributed by atoms with van der Waals surface area (Å²) in [6, 6.07) is 2.96. The van der Waals surface area contributed by atoms with Crippen molar-refractivity contribution >= 4 is 21.9 Å². The molecule has 0 bridgehead atoms. The van der Waals surface area contributed by atoms with Crippen molar-refractivity contribution in [3.05, 3.63) is 34.6 Å². The first-order valence-electron chi connectivity index (χ1n) is 4.10. The lowest BCUT2D eigenvalue weighted by Crippen LogP contribution is -2.04. The molecule has 1 rings (SSSR count). The van der Waals surface area contributed by atoms with Crippen molar-refractivity contribution in [1.82, 2.24) is 0 Å². The predicted octanol–water partition coefficient (Wildman–Crippen LogP) is 2.66. The van der Waals surface area contributed by atoms with Gasteiger partial charge in [-0.2, -0.15) is 0 Å². The summed E-state index contributed by atoms with van der Waals surface area (Å²) in [6.45, 7) is 1.62. The zero-order chi connectivity index (χ0) is 10.7. The summed E-state index contributed by atoms with van der Waals surface area (Å²) in [5, 5.41) is 9.10. The Morgan fingerprint density at radius 1 is 1.50 bits per heavy atom. The van der Waals surface area contributed by atoms with Crippen LogP contribution >= 0.6 is 15.9 Å². The highest BCUT2D eigenvalue weighted by Gasteiger charge is 2.09. The maximum Gasteiger partial charge on any atom is 0.307 e. The van der Waals surface area contributed by atoms with E-state index in [2.05, 4.69) is 15.9 Å². The molecule has 0 fully saturated rings. The van der Waals surface area contributed by atoms with Gasteiger partial charge in [-0.25, -0.2) is 4.39 Å². The van der Waals surface area contributed by atoms with Crippen LogP contribution in [0.15, 0.2) is 12.1 Å². The molecule has 4 heteroatoms. The van der Waals surface area contributed by atoms with Crippen LogP contribution in [-0.4, -0.2) is 11.1 Å². The van der Waals surface area contributed by atoms with Gasteiger partial charge in [0.1, 0.15) is 5.82 Å². The van der Waals surface area contributed by atoms with Gasteiger partial charge in [-0.05, 0) is 29.7 Å². The van der Waals surface area contributed by atoms with Crippen LogP contribution in [0.1, 0.15) is 16.7 Å². The maximum atomic E-state index is 13.1. The number of alkyl halides is 1. The fourth-order valence-corrected chi connectivity index (χ4v) is 1.76. The third-order valence-electron chi connectivity index (χ3n) is 1.97. The van der Waals surface area contributed by atoms with Gasteiger partial charge in [-0.15, -0.1) is 0 Å². The number of hydrogen-bond donors (Lipinski definition) is 1. The minimum absolute atomic E-state index is 0.0674. The second-order valence-corrected chi connectivity index (χ2v) is 3.63. The molecular formula is C10H10BrFO2. The van der Waals surface area contributed by atoms with E-state index in [1.54, 1.807) is 13.0 Å². The third-order valence-corrected chi connectivity index (χ3v) is 2.57. The Balaban J connectivity index is 3.13. The first-order valence-corrected chi connectivity index (χ1v) is 5.22. The normalized spacial score (nSPS) is 10.2. The van der Waals surface area contributed by atoms with Gasteiger partial charge in [0, 0.05) is 5.33 Å². The van der Waals surface area contributed by atoms with Gasteiger partial charge >= 0.3 is 5.97 Å². The van der Waals surface area contributed by atoms with Crippen LogP contribution in [0, 0.1) is 12.7 Å². The van der Waals surface area contributed by atoms with Crippen LogP contribution in [0.3, 0.4) is 0 Å². The van der Waals surface area contributed by atoms with Crippen LogP contribution in [0.4, 0.5) is 4.39 Å². The summed E-state index contributed by atoms with van der Waals surface area (Å²) >= 11 is 3.20. The Morgan fingerprint density at radius 3 is 2.64 bits per heavy atom. The van der Waals surface area contributed by atoms with Crippen LogP contribution in [0.2, 0.25) is 0 Å². The van der Waals surface area contributed by atoms with Crippen molar-refractivity contribution < 1.29 is 14.3 Å².